The average Bonchev–Trinajstić information content (AvgIpc) is 4.12. The Morgan fingerprint density at radius 2 is 1.09 bits per heavy atom. The van der Waals surface area contributed by atoms with Gasteiger partial charge >= 0.3 is 0 Å². The highest BCUT2D eigenvalue weighted by Crippen LogP contribution is 2.52. The Labute approximate surface area is 367 Å². The second-order valence-electron chi connectivity index (χ2n) is 16.9. The number of aromatic nitrogens is 2. The topological polar surface area (TPSA) is 36.1 Å². The molecule has 4 aromatic heterocycles. The molecule has 0 fully saturated rings. The molecule has 0 aliphatic heterocycles. The van der Waals surface area contributed by atoms with E-state index >= 15 is 0 Å². The SMILES string of the molecule is C1=C=CC(c2cccc(-c3ccc(-n4c5c(c6ccccc64)-c4c(n(-c6cccc7c6oc6ccccc67)c6cccc(-c7cccc8oc9ccccc9c78)c46)CC5)cc3)c2)=CC=1. The van der Waals surface area contributed by atoms with E-state index in [0.29, 0.717) is 0 Å². The van der Waals surface area contributed by atoms with Crippen molar-refractivity contribution in [3.63, 3.8) is 0 Å². The zero-order valence-corrected chi connectivity index (χ0v) is 34.6. The van der Waals surface area contributed by atoms with E-state index in [1.165, 1.54) is 61.1 Å². The van der Waals surface area contributed by atoms with E-state index in [-0.39, 0.29) is 0 Å². The Kier molecular flexibility index (Phi) is 7.40. The standard InChI is InChI=1S/C60H36N2O2/c1-2-14-37(15-3-1)39-16-10-17-40(36-39)38-30-32-41(33-31-38)61-48-24-7-4-19-46(48)58-50(61)34-35-51-59(58)57-44(43-22-13-29-55-56(43)47-20-6-9-28-54(47)63-55)21-11-25-49(57)62(51)52-26-12-23-45-42-18-5-8-27-53(42)64-60(45)52/h2,4-33,36H,34-35H2. The summed E-state index contributed by atoms with van der Waals surface area (Å²) < 4.78 is 18.3. The number of hydrogen-bond acceptors (Lipinski definition) is 2. The van der Waals surface area contributed by atoms with Gasteiger partial charge in [0.2, 0.25) is 0 Å². The van der Waals surface area contributed by atoms with Crippen molar-refractivity contribution in [3.05, 3.63) is 223 Å². The summed E-state index contributed by atoms with van der Waals surface area (Å²) >= 11 is 0. The van der Waals surface area contributed by atoms with E-state index in [2.05, 4.69) is 197 Å². The molecule has 4 nitrogen and oxygen atoms in total. The molecule has 0 spiro atoms. The number of nitrogens with zero attached hydrogens (tertiary/aromatic N) is 2. The van der Waals surface area contributed by atoms with E-state index in [9.17, 15) is 0 Å². The van der Waals surface area contributed by atoms with E-state index in [4.69, 9.17) is 8.83 Å². The molecule has 0 N–H and O–H groups in total. The average molecular weight is 817 g/mol. The van der Waals surface area contributed by atoms with Crippen molar-refractivity contribution in [2.75, 3.05) is 0 Å². The summed E-state index contributed by atoms with van der Waals surface area (Å²) in [6.45, 7) is 0. The van der Waals surface area contributed by atoms with Gasteiger partial charge < -0.3 is 18.0 Å². The van der Waals surface area contributed by atoms with Crippen LogP contribution in [0.2, 0.25) is 0 Å². The van der Waals surface area contributed by atoms with E-state index in [1.807, 2.05) is 18.2 Å². The summed E-state index contributed by atoms with van der Waals surface area (Å²) in [4.78, 5) is 0. The minimum atomic E-state index is 0.849. The molecular weight excluding hydrogens is 781 g/mol. The normalized spacial score (nSPS) is 13.2. The molecule has 0 radical (unpaired) electrons. The fourth-order valence-electron chi connectivity index (χ4n) is 10.9. The van der Waals surface area contributed by atoms with Crippen molar-refractivity contribution in [2.45, 2.75) is 12.8 Å². The Bertz CT molecular complexity index is 4090. The van der Waals surface area contributed by atoms with Gasteiger partial charge in [-0.05, 0) is 119 Å². The summed E-state index contributed by atoms with van der Waals surface area (Å²) in [5.74, 6) is 0. The molecule has 0 bridgehead atoms. The molecular formula is C60H36N2O2. The van der Waals surface area contributed by atoms with E-state index in [1.54, 1.807) is 0 Å². The van der Waals surface area contributed by atoms with Gasteiger partial charge in [-0.2, -0.15) is 0 Å². The van der Waals surface area contributed by atoms with Gasteiger partial charge in [-0.15, -0.1) is 0 Å². The van der Waals surface area contributed by atoms with Gasteiger partial charge in [-0.25, -0.2) is 0 Å². The molecule has 4 heteroatoms. The first-order valence-corrected chi connectivity index (χ1v) is 22.0. The molecule has 2 aliphatic carbocycles. The van der Waals surface area contributed by atoms with Crippen molar-refractivity contribution in [3.8, 4) is 44.8 Å². The molecule has 0 unspecified atom stereocenters. The first-order chi connectivity index (χ1) is 31.8. The van der Waals surface area contributed by atoms with Crippen LogP contribution in [-0.2, 0) is 12.8 Å². The minimum Gasteiger partial charge on any atom is -0.456 e. The first kappa shape index (κ1) is 35.1. The summed E-state index contributed by atoms with van der Waals surface area (Å²) in [5.41, 5.74) is 26.5. The number of allylic oxidation sites excluding steroid dienone is 4. The van der Waals surface area contributed by atoms with Gasteiger partial charge in [0.25, 0.3) is 0 Å². The van der Waals surface area contributed by atoms with Crippen LogP contribution in [0, 0.1) is 0 Å². The molecule has 14 rings (SSSR count). The summed E-state index contributed by atoms with van der Waals surface area (Å²) in [5, 5.41) is 6.98. The van der Waals surface area contributed by atoms with Crippen molar-refractivity contribution in [1.29, 1.82) is 0 Å². The van der Waals surface area contributed by atoms with Gasteiger partial charge in [-0.1, -0.05) is 133 Å². The van der Waals surface area contributed by atoms with Crippen LogP contribution < -0.4 is 0 Å². The van der Waals surface area contributed by atoms with Gasteiger partial charge in [0.15, 0.2) is 5.58 Å². The lowest BCUT2D eigenvalue weighted by atomic mass is 9.87. The van der Waals surface area contributed by atoms with Crippen molar-refractivity contribution in [1.82, 2.24) is 9.13 Å². The maximum absolute atomic E-state index is 6.79. The summed E-state index contributed by atoms with van der Waals surface area (Å²) in [6, 6.07) is 63.5. The minimum absolute atomic E-state index is 0.849. The molecule has 12 aromatic rings. The van der Waals surface area contributed by atoms with E-state index in [0.717, 1.165) is 84.7 Å². The molecule has 2 aliphatic rings. The largest absolute Gasteiger partial charge is 0.456 e. The smallest absolute Gasteiger partial charge is 0.159 e. The second kappa shape index (κ2) is 13.5. The van der Waals surface area contributed by atoms with Gasteiger partial charge in [0.05, 0.1) is 16.7 Å². The summed E-state index contributed by atoms with van der Waals surface area (Å²) in [7, 11) is 0. The van der Waals surface area contributed by atoms with Crippen LogP contribution in [0.5, 0.6) is 0 Å². The van der Waals surface area contributed by atoms with Crippen LogP contribution in [0.3, 0.4) is 0 Å². The second-order valence-corrected chi connectivity index (χ2v) is 16.9. The lowest BCUT2D eigenvalue weighted by molar-refractivity contribution is 0.664. The third-order valence-corrected chi connectivity index (χ3v) is 13.5. The van der Waals surface area contributed by atoms with Crippen molar-refractivity contribution in [2.24, 2.45) is 0 Å². The Balaban J connectivity index is 1.03. The quantitative estimate of drug-likeness (QED) is 0.162. The van der Waals surface area contributed by atoms with Crippen LogP contribution in [0.25, 0.3) is 116 Å². The molecule has 8 aromatic carbocycles. The lowest BCUT2D eigenvalue weighted by Crippen LogP contribution is -2.11. The number of rotatable bonds is 5. The molecule has 0 saturated carbocycles. The number of furan rings is 2. The molecule has 298 valence electrons. The van der Waals surface area contributed by atoms with Crippen LogP contribution in [0.4, 0.5) is 0 Å². The lowest BCUT2D eigenvalue weighted by Gasteiger charge is -2.20. The molecule has 4 heterocycles. The highest BCUT2D eigenvalue weighted by molar-refractivity contribution is 6.20. The fraction of sp³-hybridized carbons (Fsp3) is 0.0333. The van der Waals surface area contributed by atoms with Crippen LogP contribution in [-0.4, -0.2) is 9.13 Å². The van der Waals surface area contributed by atoms with Gasteiger partial charge in [-0.3, -0.25) is 0 Å². The predicted molar refractivity (Wildman–Crippen MR) is 263 cm³/mol. The highest BCUT2D eigenvalue weighted by Gasteiger charge is 2.33. The van der Waals surface area contributed by atoms with Crippen LogP contribution in [0.1, 0.15) is 17.0 Å². The Hall–Kier alpha value is -8.52. The number of para-hydroxylation sites is 4. The molecule has 64 heavy (non-hydrogen) atoms. The third kappa shape index (κ3) is 5.01. The zero-order chi connectivity index (χ0) is 41.9. The van der Waals surface area contributed by atoms with Crippen LogP contribution in [0.15, 0.2) is 214 Å². The Morgan fingerprint density at radius 3 is 1.94 bits per heavy atom. The first-order valence-electron chi connectivity index (χ1n) is 22.0. The predicted octanol–water partition coefficient (Wildman–Crippen LogP) is 15.7. The van der Waals surface area contributed by atoms with Crippen molar-refractivity contribution >= 4 is 71.3 Å². The Morgan fingerprint density at radius 1 is 0.438 bits per heavy atom. The number of fused-ring (bicyclic) bond motifs is 13. The van der Waals surface area contributed by atoms with Crippen LogP contribution >= 0.6 is 0 Å². The highest BCUT2D eigenvalue weighted by atomic mass is 16.3. The number of benzene rings is 8. The molecule has 0 atom stereocenters. The van der Waals surface area contributed by atoms with Gasteiger partial charge in [0.1, 0.15) is 16.7 Å². The zero-order valence-electron chi connectivity index (χ0n) is 34.6. The fourth-order valence-corrected chi connectivity index (χ4v) is 10.9. The summed E-state index contributed by atoms with van der Waals surface area (Å²) in [6.07, 6.45) is 7.72. The monoisotopic (exact) mass is 816 g/mol. The molecule has 0 saturated heterocycles. The maximum Gasteiger partial charge on any atom is 0.159 e. The third-order valence-electron chi connectivity index (χ3n) is 13.5. The van der Waals surface area contributed by atoms with Gasteiger partial charge in [0, 0.05) is 60.5 Å². The van der Waals surface area contributed by atoms with E-state index < -0.39 is 0 Å². The molecule has 0 amide bonds. The number of hydrogen-bond donors (Lipinski definition) is 0. The van der Waals surface area contributed by atoms with Crippen molar-refractivity contribution < 1.29 is 8.83 Å². The maximum atomic E-state index is 6.79.